The molecule has 2 amide bonds. The highest BCUT2D eigenvalue weighted by molar-refractivity contribution is 5.80. The lowest BCUT2D eigenvalue weighted by molar-refractivity contribution is -0.141. The number of likely N-dealkylation sites (N-methyl/N-ethyl adjacent to an activating group) is 1. The zero-order valence-electron chi connectivity index (χ0n) is 12.1. The first-order chi connectivity index (χ1) is 9.46. The van der Waals surface area contributed by atoms with Crippen LogP contribution in [-0.2, 0) is 19.1 Å². The molecule has 0 aliphatic heterocycles. The number of urea groups is 1. The third-order valence-electron chi connectivity index (χ3n) is 2.63. The number of ether oxygens (including phenoxy) is 2. The highest BCUT2D eigenvalue weighted by Gasteiger charge is 2.22. The maximum absolute atomic E-state index is 12.2. The molecule has 1 N–H and O–H groups in total. The normalized spacial score (nSPS) is 9.95. The highest BCUT2D eigenvalue weighted by Crippen LogP contribution is 2.02. The van der Waals surface area contributed by atoms with Gasteiger partial charge in [0.25, 0.3) is 0 Å². The second-order valence-corrected chi connectivity index (χ2v) is 4.00. The van der Waals surface area contributed by atoms with Crippen LogP contribution in [-0.4, -0.2) is 79.9 Å². The van der Waals surface area contributed by atoms with E-state index in [0.717, 1.165) is 0 Å². The van der Waals surface area contributed by atoms with Crippen molar-refractivity contribution in [1.82, 2.24) is 9.80 Å². The van der Waals surface area contributed by atoms with Gasteiger partial charge in [0.05, 0.1) is 20.1 Å². The first-order valence-electron chi connectivity index (χ1n) is 6.27. The van der Waals surface area contributed by atoms with Gasteiger partial charge >= 0.3 is 18.0 Å². The van der Waals surface area contributed by atoms with Gasteiger partial charge < -0.3 is 24.4 Å². The van der Waals surface area contributed by atoms with E-state index in [1.165, 1.54) is 24.0 Å². The minimum Gasteiger partial charge on any atom is -0.480 e. The Hall–Kier alpha value is -1.83. The van der Waals surface area contributed by atoms with Gasteiger partial charge in [-0.25, -0.2) is 4.79 Å². The molecule has 0 rings (SSSR count). The smallest absolute Gasteiger partial charge is 0.323 e. The molecule has 0 aliphatic carbocycles. The molecule has 0 fully saturated rings. The summed E-state index contributed by atoms with van der Waals surface area (Å²) < 4.78 is 9.43. The molecule has 0 spiro atoms. The summed E-state index contributed by atoms with van der Waals surface area (Å²) in [4.78, 5) is 36.6. The Kier molecular flexibility index (Phi) is 9.10. The van der Waals surface area contributed by atoms with Crippen molar-refractivity contribution < 1.29 is 29.0 Å². The van der Waals surface area contributed by atoms with E-state index in [1.807, 2.05) is 0 Å². The first kappa shape index (κ1) is 18.2. The Morgan fingerprint density at radius 3 is 2.20 bits per heavy atom. The van der Waals surface area contributed by atoms with Gasteiger partial charge in [0.15, 0.2) is 0 Å². The Morgan fingerprint density at radius 1 is 1.10 bits per heavy atom. The second kappa shape index (κ2) is 10.0. The quantitative estimate of drug-likeness (QED) is 0.602. The minimum atomic E-state index is -1.08. The van der Waals surface area contributed by atoms with Gasteiger partial charge in [-0.3, -0.25) is 9.59 Å². The van der Waals surface area contributed by atoms with E-state index in [4.69, 9.17) is 9.84 Å². The van der Waals surface area contributed by atoms with Crippen LogP contribution in [0.15, 0.2) is 0 Å². The van der Waals surface area contributed by atoms with Crippen LogP contribution >= 0.6 is 0 Å². The number of carbonyl (C=O) groups excluding carboxylic acids is 2. The molecule has 0 heterocycles. The zero-order valence-corrected chi connectivity index (χ0v) is 12.1. The first-order valence-corrected chi connectivity index (χ1v) is 6.27. The van der Waals surface area contributed by atoms with E-state index >= 15 is 0 Å². The van der Waals surface area contributed by atoms with Crippen molar-refractivity contribution in [2.24, 2.45) is 0 Å². The summed E-state index contributed by atoms with van der Waals surface area (Å²) in [5, 5.41) is 8.77. The van der Waals surface area contributed by atoms with Gasteiger partial charge in [-0.15, -0.1) is 0 Å². The minimum absolute atomic E-state index is 0.0522. The molecule has 0 unspecified atom stereocenters. The number of nitrogens with zero attached hydrogens (tertiary/aromatic N) is 2. The molecule has 0 aromatic rings. The van der Waals surface area contributed by atoms with Crippen molar-refractivity contribution in [3.8, 4) is 0 Å². The third-order valence-corrected chi connectivity index (χ3v) is 2.63. The lowest BCUT2D eigenvalue weighted by Gasteiger charge is -2.28. The van der Waals surface area contributed by atoms with Gasteiger partial charge in [0.2, 0.25) is 0 Å². The van der Waals surface area contributed by atoms with E-state index in [2.05, 4.69) is 4.74 Å². The molecular formula is C12H22N2O6. The van der Waals surface area contributed by atoms with E-state index in [0.29, 0.717) is 6.61 Å². The van der Waals surface area contributed by atoms with Crippen molar-refractivity contribution in [2.75, 3.05) is 47.0 Å². The largest absolute Gasteiger partial charge is 0.480 e. The predicted octanol–water partition coefficient (Wildman–Crippen LogP) is 0.0244. The number of carbonyl (C=O) groups is 3. The van der Waals surface area contributed by atoms with E-state index in [-0.39, 0.29) is 32.6 Å². The van der Waals surface area contributed by atoms with Crippen LogP contribution in [0.3, 0.4) is 0 Å². The van der Waals surface area contributed by atoms with Gasteiger partial charge in [0.1, 0.15) is 6.54 Å². The molecule has 8 nitrogen and oxygen atoms in total. The zero-order chi connectivity index (χ0) is 15.5. The number of carboxylic acids is 1. The number of hydrogen-bond acceptors (Lipinski definition) is 5. The van der Waals surface area contributed by atoms with Crippen LogP contribution < -0.4 is 0 Å². The molecule has 0 atom stereocenters. The fourth-order valence-electron chi connectivity index (χ4n) is 1.51. The topological polar surface area (TPSA) is 96.4 Å². The predicted molar refractivity (Wildman–Crippen MR) is 70.4 cm³/mol. The summed E-state index contributed by atoms with van der Waals surface area (Å²) in [7, 11) is 2.77. The molecule has 0 aromatic carbocycles. The van der Waals surface area contributed by atoms with Crippen molar-refractivity contribution in [3.05, 3.63) is 0 Å². The number of amides is 2. The number of hydrogen-bond donors (Lipinski definition) is 1. The number of rotatable bonds is 9. The molecule has 20 heavy (non-hydrogen) atoms. The van der Waals surface area contributed by atoms with Crippen LogP contribution in [0.4, 0.5) is 4.79 Å². The summed E-state index contributed by atoms with van der Waals surface area (Å²) in [6.07, 6.45) is 0.0522. The Balaban J connectivity index is 4.66. The lowest BCUT2D eigenvalue weighted by Crippen LogP contribution is -2.47. The maximum atomic E-state index is 12.2. The lowest BCUT2D eigenvalue weighted by atomic mass is 10.3. The third kappa shape index (κ3) is 6.93. The summed E-state index contributed by atoms with van der Waals surface area (Å²) in [5.74, 6) is -1.51. The van der Waals surface area contributed by atoms with E-state index < -0.39 is 18.0 Å². The number of esters is 1. The van der Waals surface area contributed by atoms with Crippen LogP contribution in [0.25, 0.3) is 0 Å². The molecule has 0 saturated heterocycles. The van der Waals surface area contributed by atoms with Crippen LogP contribution in [0.1, 0.15) is 13.3 Å². The fourth-order valence-corrected chi connectivity index (χ4v) is 1.51. The van der Waals surface area contributed by atoms with Crippen LogP contribution in [0.2, 0.25) is 0 Å². The molecule has 116 valence electrons. The van der Waals surface area contributed by atoms with Gasteiger partial charge in [-0.2, -0.15) is 0 Å². The van der Waals surface area contributed by atoms with Crippen molar-refractivity contribution in [3.63, 3.8) is 0 Å². The highest BCUT2D eigenvalue weighted by atomic mass is 16.5. The summed E-state index contributed by atoms with van der Waals surface area (Å²) in [5.41, 5.74) is 0. The van der Waals surface area contributed by atoms with Crippen molar-refractivity contribution in [2.45, 2.75) is 13.3 Å². The van der Waals surface area contributed by atoms with Crippen LogP contribution in [0, 0.1) is 0 Å². The van der Waals surface area contributed by atoms with E-state index in [1.54, 1.807) is 6.92 Å². The Labute approximate surface area is 118 Å². The number of aliphatic carboxylic acids is 1. The fraction of sp³-hybridized carbons (Fsp3) is 0.750. The van der Waals surface area contributed by atoms with Crippen LogP contribution in [0.5, 0.6) is 0 Å². The summed E-state index contributed by atoms with van der Waals surface area (Å²) in [6, 6.07) is -0.434. The number of methoxy groups -OCH3 is 2. The molecule has 8 heteroatoms. The SMILES string of the molecule is CCN(CC(=O)O)C(=O)N(CCOC)CCC(=O)OC. The Morgan fingerprint density at radius 2 is 1.75 bits per heavy atom. The Bertz CT molecular complexity index is 334. The van der Waals surface area contributed by atoms with Gasteiger partial charge in [-0.05, 0) is 6.92 Å². The van der Waals surface area contributed by atoms with Gasteiger partial charge in [0, 0.05) is 26.7 Å². The molecule has 0 bridgehead atoms. The summed E-state index contributed by atoms with van der Waals surface area (Å²) in [6.45, 7) is 2.32. The summed E-state index contributed by atoms with van der Waals surface area (Å²) >= 11 is 0. The van der Waals surface area contributed by atoms with Crippen molar-refractivity contribution in [1.29, 1.82) is 0 Å². The molecule has 0 aliphatic rings. The molecule has 0 radical (unpaired) electrons. The van der Waals surface area contributed by atoms with E-state index in [9.17, 15) is 14.4 Å². The molecule has 0 saturated carbocycles. The second-order valence-electron chi connectivity index (χ2n) is 4.00. The van der Waals surface area contributed by atoms with Crippen molar-refractivity contribution >= 4 is 18.0 Å². The van der Waals surface area contributed by atoms with Gasteiger partial charge in [-0.1, -0.05) is 0 Å². The molecule has 0 aromatic heterocycles. The maximum Gasteiger partial charge on any atom is 0.323 e. The standard InChI is InChI=1S/C12H22N2O6/c1-4-13(9-10(15)16)12(18)14(7-8-19-2)6-5-11(17)20-3/h4-9H2,1-3H3,(H,15,16). The average Bonchev–Trinajstić information content (AvgIpc) is 2.43. The monoisotopic (exact) mass is 290 g/mol. The average molecular weight is 290 g/mol. The molecular weight excluding hydrogens is 268 g/mol. The number of carboxylic acid groups (broad SMARTS) is 1.